The van der Waals surface area contributed by atoms with Gasteiger partial charge in [0.15, 0.2) is 11.5 Å². The molecule has 0 saturated carbocycles. The molecule has 0 radical (unpaired) electrons. The minimum Gasteiger partial charge on any atom is -0.493 e. The summed E-state index contributed by atoms with van der Waals surface area (Å²) < 4.78 is 16.3. The molecule has 0 spiro atoms. The molecule has 142 valence electrons. The van der Waals surface area contributed by atoms with Crippen LogP contribution in [-0.2, 0) is 11.2 Å². The lowest BCUT2D eigenvalue weighted by Crippen LogP contribution is -2.33. The van der Waals surface area contributed by atoms with E-state index in [9.17, 15) is 9.90 Å². The Hall–Kier alpha value is -2.80. The third kappa shape index (κ3) is 3.42. The second-order valence-electron chi connectivity index (χ2n) is 6.80. The van der Waals surface area contributed by atoms with E-state index in [2.05, 4.69) is 10.3 Å². The number of aryl methyl sites for hydroxylation is 1. The van der Waals surface area contributed by atoms with Crippen molar-refractivity contribution >= 4 is 5.97 Å². The molecule has 1 aromatic heterocycles. The molecule has 2 N–H and O–H groups in total. The van der Waals surface area contributed by atoms with Crippen molar-refractivity contribution in [3.8, 4) is 17.2 Å². The first-order valence-corrected chi connectivity index (χ1v) is 9.01. The van der Waals surface area contributed by atoms with Gasteiger partial charge in [-0.05, 0) is 42.7 Å². The molecule has 2 aliphatic heterocycles. The fourth-order valence-corrected chi connectivity index (χ4v) is 3.98. The van der Waals surface area contributed by atoms with E-state index in [1.54, 1.807) is 13.3 Å². The molecule has 1 fully saturated rings. The number of benzene rings is 1. The van der Waals surface area contributed by atoms with Crippen molar-refractivity contribution in [1.29, 1.82) is 0 Å². The third-order valence-electron chi connectivity index (χ3n) is 5.30. The van der Waals surface area contributed by atoms with E-state index in [4.69, 9.17) is 14.2 Å². The van der Waals surface area contributed by atoms with Crippen LogP contribution in [0.4, 0.5) is 0 Å². The highest BCUT2D eigenvalue weighted by atomic mass is 16.7. The molecule has 2 unspecified atom stereocenters. The van der Waals surface area contributed by atoms with Gasteiger partial charge in [0.1, 0.15) is 0 Å². The molecular formula is C20H22N2O5. The quantitative estimate of drug-likeness (QED) is 0.806. The van der Waals surface area contributed by atoms with Crippen molar-refractivity contribution in [2.45, 2.75) is 24.8 Å². The molecule has 1 saturated heterocycles. The molecule has 1 aromatic carbocycles. The molecule has 3 atom stereocenters. The Balaban J connectivity index is 1.56. The predicted octanol–water partition coefficient (Wildman–Crippen LogP) is 2.21. The van der Waals surface area contributed by atoms with Gasteiger partial charge in [-0.3, -0.25) is 9.78 Å². The molecule has 0 bridgehead atoms. The fraction of sp³-hybridized carbons (Fsp3) is 0.400. The molecule has 2 aliphatic rings. The number of carboxylic acid groups (broad SMARTS) is 1. The van der Waals surface area contributed by atoms with Crippen LogP contribution in [0.15, 0.2) is 36.5 Å². The minimum atomic E-state index is -0.798. The Labute approximate surface area is 157 Å². The first-order valence-electron chi connectivity index (χ1n) is 9.01. The summed E-state index contributed by atoms with van der Waals surface area (Å²) in [6, 6.07) is 9.39. The Bertz CT molecular complexity index is 827. The minimum absolute atomic E-state index is 0.120. The molecule has 3 heterocycles. The SMILES string of the molecule is COc1cc(C2CNC(CCc3ccccn3)[C@@H]2C(=O)O)cc2c1OCO2. The summed E-state index contributed by atoms with van der Waals surface area (Å²) in [6.45, 7) is 0.736. The lowest BCUT2D eigenvalue weighted by atomic mass is 9.83. The summed E-state index contributed by atoms with van der Waals surface area (Å²) >= 11 is 0. The fourth-order valence-electron chi connectivity index (χ4n) is 3.98. The van der Waals surface area contributed by atoms with E-state index in [-0.39, 0.29) is 18.8 Å². The Morgan fingerprint density at radius 3 is 3.00 bits per heavy atom. The predicted molar refractivity (Wildman–Crippen MR) is 97.3 cm³/mol. The summed E-state index contributed by atoms with van der Waals surface area (Å²) in [7, 11) is 1.57. The highest BCUT2D eigenvalue weighted by molar-refractivity contribution is 5.73. The summed E-state index contributed by atoms with van der Waals surface area (Å²) in [5.74, 6) is 0.253. The van der Waals surface area contributed by atoms with Gasteiger partial charge in [0, 0.05) is 30.4 Å². The number of rotatable bonds is 6. The zero-order valence-electron chi connectivity index (χ0n) is 15.1. The zero-order valence-corrected chi connectivity index (χ0v) is 15.1. The molecular weight excluding hydrogens is 348 g/mol. The van der Waals surface area contributed by atoms with Crippen molar-refractivity contribution in [2.75, 3.05) is 20.4 Å². The van der Waals surface area contributed by atoms with Crippen molar-refractivity contribution in [1.82, 2.24) is 10.3 Å². The summed E-state index contributed by atoms with van der Waals surface area (Å²) in [5.41, 5.74) is 1.85. The molecule has 2 aromatic rings. The number of hydrogen-bond acceptors (Lipinski definition) is 6. The number of ether oxygens (including phenoxy) is 3. The average molecular weight is 370 g/mol. The van der Waals surface area contributed by atoms with Crippen LogP contribution < -0.4 is 19.5 Å². The number of aromatic nitrogens is 1. The Morgan fingerprint density at radius 2 is 2.26 bits per heavy atom. The number of carbonyl (C=O) groups is 1. The smallest absolute Gasteiger partial charge is 0.308 e. The van der Waals surface area contributed by atoms with Gasteiger partial charge in [0.2, 0.25) is 12.5 Å². The van der Waals surface area contributed by atoms with E-state index < -0.39 is 11.9 Å². The van der Waals surface area contributed by atoms with Gasteiger partial charge in [-0.25, -0.2) is 0 Å². The van der Waals surface area contributed by atoms with Crippen molar-refractivity contribution in [3.63, 3.8) is 0 Å². The van der Waals surface area contributed by atoms with E-state index in [1.807, 2.05) is 30.3 Å². The number of carboxylic acids is 1. The lowest BCUT2D eigenvalue weighted by Gasteiger charge is -2.21. The standard InChI is InChI=1S/C20H22N2O5/c1-25-16-8-12(9-17-19(16)27-11-26-17)14-10-22-15(18(14)20(23)24)6-5-13-4-2-3-7-21-13/h2-4,7-9,14-15,18,22H,5-6,10-11H2,1H3,(H,23,24)/t14?,15?,18-/m1/s1. The van der Waals surface area contributed by atoms with Crippen LogP contribution in [0.3, 0.4) is 0 Å². The van der Waals surface area contributed by atoms with Crippen LogP contribution in [-0.4, -0.2) is 42.5 Å². The average Bonchev–Trinajstić information content (AvgIpc) is 3.33. The highest BCUT2D eigenvalue weighted by Crippen LogP contribution is 2.45. The van der Waals surface area contributed by atoms with Crippen LogP contribution in [0.1, 0.15) is 23.6 Å². The topological polar surface area (TPSA) is 89.9 Å². The summed E-state index contributed by atoms with van der Waals surface area (Å²) in [4.78, 5) is 16.4. The van der Waals surface area contributed by atoms with E-state index in [1.165, 1.54) is 0 Å². The van der Waals surface area contributed by atoms with E-state index in [0.717, 1.165) is 17.7 Å². The van der Waals surface area contributed by atoms with Gasteiger partial charge in [0.25, 0.3) is 0 Å². The first-order chi connectivity index (χ1) is 13.2. The van der Waals surface area contributed by atoms with Gasteiger partial charge in [-0.2, -0.15) is 0 Å². The molecule has 0 aliphatic carbocycles. The number of fused-ring (bicyclic) bond motifs is 1. The van der Waals surface area contributed by atoms with E-state index >= 15 is 0 Å². The van der Waals surface area contributed by atoms with Crippen molar-refractivity contribution < 1.29 is 24.1 Å². The van der Waals surface area contributed by atoms with Gasteiger partial charge in [-0.15, -0.1) is 0 Å². The summed E-state index contributed by atoms with van der Waals surface area (Å²) in [5, 5.41) is 13.3. The highest BCUT2D eigenvalue weighted by Gasteiger charge is 2.42. The Morgan fingerprint density at radius 1 is 1.37 bits per heavy atom. The monoisotopic (exact) mass is 370 g/mol. The Kier molecular flexibility index (Phi) is 4.85. The number of nitrogens with zero attached hydrogens (tertiary/aromatic N) is 1. The molecule has 0 amide bonds. The summed E-state index contributed by atoms with van der Waals surface area (Å²) in [6.07, 6.45) is 3.21. The van der Waals surface area contributed by atoms with Crippen LogP contribution in [0.5, 0.6) is 17.2 Å². The van der Waals surface area contributed by atoms with E-state index in [0.29, 0.717) is 30.2 Å². The van der Waals surface area contributed by atoms with Gasteiger partial charge >= 0.3 is 5.97 Å². The van der Waals surface area contributed by atoms with Crippen LogP contribution in [0.25, 0.3) is 0 Å². The maximum Gasteiger partial charge on any atom is 0.308 e. The number of hydrogen-bond donors (Lipinski definition) is 2. The largest absolute Gasteiger partial charge is 0.493 e. The second kappa shape index (κ2) is 7.44. The van der Waals surface area contributed by atoms with Gasteiger partial charge < -0.3 is 24.6 Å². The molecule has 7 heteroatoms. The van der Waals surface area contributed by atoms with Gasteiger partial charge in [0.05, 0.1) is 13.0 Å². The number of methoxy groups -OCH3 is 1. The van der Waals surface area contributed by atoms with Crippen LogP contribution in [0, 0.1) is 5.92 Å². The maximum absolute atomic E-state index is 12.1. The first kappa shape index (κ1) is 17.6. The zero-order chi connectivity index (χ0) is 18.8. The van der Waals surface area contributed by atoms with Gasteiger partial charge in [-0.1, -0.05) is 6.07 Å². The normalized spacial score (nSPS) is 23.4. The van der Waals surface area contributed by atoms with Crippen LogP contribution in [0.2, 0.25) is 0 Å². The number of aliphatic carboxylic acids is 1. The molecule has 7 nitrogen and oxygen atoms in total. The van der Waals surface area contributed by atoms with Crippen molar-refractivity contribution in [3.05, 3.63) is 47.8 Å². The van der Waals surface area contributed by atoms with Crippen LogP contribution >= 0.6 is 0 Å². The molecule has 4 rings (SSSR count). The third-order valence-corrected chi connectivity index (χ3v) is 5.30. The second-order valence-corrected chi connectivity index (χ2v) is 6.80. The molecule has 27 heavy (non-hydrogen) atoms. The number of nitrogens with one attached hydrogen (secondary N) is 1. The lowest BCUT2D eigenvalue weighted by molar-refractivity contribution is -0.142. The van der Waals surface area contributed by atoms with Crippen molar-refractivity contribution in [2.24, 2.45) is 5.92 Å². The maximum atomic E-state index is 12.1. The number of pyridine rings is 1.